The number of pyridine rings is 1. The van der Waals surface area contributed by atoms with Gasteiger partial charge in [0.05, 0.1) is 13.2 Å². The molecule has 0 aliphatic rings. The van der Waals surface area contributed by atoms with Crippen molar-refractivity contribution in [2.75, 3.05) is 33.8 Å². The van der Waals surface area contributed by atoms with Gasteiger partial charge in [-0.3, -0.25) is 14.7 Å². The van der Waals surface area contributed by atoms with Crippen molar-refractivity contribution in [2.24, 2.45) is 0 Å². The Morgan fingerprint density at radius 3 is 2.76 bits per heavy atom. The van der Waals surface area contributed by atoms with Crippen molar-refractivity contribution in [2.45, 2.75) is 6.54 Å². The van der Waals surface area contributed by atoms with Crippen LogP contribution in [0.5, 0.6) is 0 Å². The summed E-state index contributed by atoms with van der Waals surface area (Å²) in [5.74, 6) is 0.0299. The Morgan fingerprint density at radius 1 is 1.47 bits per heavy atom. The molecule has 1 amide bonds. The maximum absolute atomic E-state index is 11.6. The minimum absolute atomic E-state index is 0.0299. The minimum Gasteiger partial charge on any atom is -0.395 e. The van der Waals surface area contributed by atoms with Crippen molar-refractivity contribution in [1.82, 2.24) is 14.8 Å². The molecule has 0 saturated heterocycles. The maximum Gasteiger partial charge on any atom is 0.236 e. The molecule has 0 saturated carbocycles. The lowest BCUT2D eigenvalue weighted by atomic mass is 10.2. The van der Waals surface area contributed by atoms with Gasteiger partial charge in [0.1, 0.15) is 0 Å². The van der Waals surface area contributed by atoms with Crippen molar-refractivity contribution >= 4 is 5.91 Å². The first-order valence-electron chi connectivity index (χ1n) is 5.55. The van der Waals surface area contributed by atoms with Crippen LogP contribution in [0.1, 0.15) is 5.56 Å². The van der Waals surface area contributed by atoms with Crippen molar-refractivity contribution in [3.63, 3.8) is 0 Å². The molecule has 17 heavy (non-hydrogen) atoms. The highest BCUT2D eigenvalue weighted by atomic mass is 16.3. The molecular weight excluding hydrogens is 218 g/mol. The van der Waals surface area contributed by atoms with E-state index in [-0.39, 0.29) is 12.5 Å². The van der Waals surface area contributed by atoms with E-state index in [1.54, 1.807) is 31.4 Å². The standard InChI is InChI=1S/C12H19N3O2/c1-14(2)12(17)10-15(6-7-16)9-11-4-3-5-13-8-11/h3-5,8,16H,6-7,9-10H2,1-2H3. The second-order valence-electron chi connectivity index (χ2n) is 4.08. The third-order valence-electron chi connectivity index (χ3n) is 2.40. The molecule has 0 aromatic carbocycles. The molecule has 0 fully saturated rings. The lowest BCUT2D eigenvalue weighted by molar-refractivity contribution is -0.130. The zero-order chi connectivity index (χ0) is 12.7. The summed E-state index contributed by atoms with van der Waals surface area (Å²) in [6, 6.07) is 3.82. The van der Waals surface area contributed by atoms with Crippen LogP contribution in [0.2, 0.25) is 0 Å². The van der Waals surface area contributed by atoms with Gasteiger partial charge in [0.2, 0.25) is 5.91 Å². The number of aliphatic hydroxyl groups is 1. The van der Waals surface area contributed by atoms with Crippen LogP contribution in [0.15, 0.2) is 24.5 Å². The Labute approximate surface area is 102 Å². The molecule has 1 aromatic heterocycles. The molecule has 0 atom stereocenters. The predicted molar refractivity (Wildman–Crippen MR) is 65.3 cm³/mol. The molecule has 94 valence electrons. The van der Waals surface area contributed by atoms with E-state index in [2.05, 4.69) is 4.98 Å². The monoisotopic (exact) mass is 237 g/mol. The van der Waals surface area contributed by atoms with E-state index in [4.69, 9.17) is 5.11 Å². The second kappa shape index (κ2) is 6.98. The van der Waals surface area contributed by atoms with E-state index in [9.17, 15) is 4.79 Å². The van der Waals surface area contributed by atoms with Crippen LogP contribution in [0.25, 0.3) is 0 Å². The van der Waals surface area contributed by atoms with Gasteiger partial charge in [-0.2, -0.15) is 0 Å². The molecule has 1 heterocycles. The molecule has 1 aromatic rings. The van der Waals surface area contributed by atoms with Gasteiger partial charge in [-0.15, -0.1) is 0 Å². The highest BCUT2D eigenvalue weighted by Crippen LogP contribution is 2.02. The number of likely N-dealkylation sites (N-methyl/N-ethyl adjacent to an activating group) is 1. The Balaban J connectivity index is 2.57. The summed E-state index contributed by atoms with van der Waals surface area (Å²) in [6.45, 7) is 1.45. The Hall–Kier alpha value is -1.46. The number of carbonyl (C=O) groups excluding carboxylic acids is 1. The average molecular weight is 237 g/mol. The number of aliphatic hydroxyl groups excluding tert-OH is 1. The zero-order valence-corrected chi connectivity index (χ0v) is 10.3. The number of nitrogens with zero attached hydrogens (tertiary/aromatic N) is 3. The van der Waals surface area contributed by atoms with Crippen molar-refractivity contribution < 1.29 is 9.90 Å². The third kappa shape index (κ3) is 4.93. The van der Waals surface area contributed by atoms with E-state index in [0.717, 1.165) is 5.56 Å². The summed E-state index contributed by atoms with van der Waals surface area (Å²) in [6.07, 6.45) is 3.48. The van der Waals surface area contributed by atoms with Crippen molar-refractivity contribution in [1.29, 1.82) is 0 Å². The number of hydrogen-bond donors (Lipinski definition) is 1. The molecule has 5 nitrogen and oxygen atoms in total. The van der Waals surface area contributed by atoms with Crippen molar-refractivity contribution in [3.05, 3.63) is 30.1 Å². The number of hydrogen-bond acceptors (Lipinski definition) is 4. The van der Waals surface area contributed by atoms with Gasteiger partial charge < -0.3 is 10.0 Å². The first-order chi connectivity index (χ1) is 8.13. The SMILES string of the molecule is CN(C)C(=O)CN(CCO)Cc1cccnc1. The van der Waals surface area contributed by atoms with Gasteiger partial charge in [0.15, 0.2) is 0 Å². The smallest absolute Gasteiger partial charge is 0.236 e. The van der Waals surface area contributed by atoms with Crippen LogP contribution in [0, 0.1) is 0 Å². The number of amides is 1. The lowest BCUT2D eigenvalue weighted by Gasteiger charge is -2.22. The maximum atomic E-state index is 11.6. The number of rotatable bonds is 6. The van der Waals surface area contributed by atoms with Gasteiger partial charge >= 0.3 is 0 Å². The van der Waals surface area contributed by atoms with Crippen LogP contribution in [-0.4, -0.2) is 59.6 Å². The van der Waals surface area contributed by atoms with Crippen LogP contribution >= 0.6 is 0 Å². The Kier molecular flexibility index (Phi) is 5.59. The van der Waals surface area contributed by atoms with Gasteiger partial charge in [0.25, 0.3) is 0 Å². The molecule has 1 N–H and O–H groups in total. The zero-order valence-electron chi connectivity index (χ0n) is 10.3. The fourth-order valence-electron chi connectivity index (χ4n) is 1.44. The minimum atomic E-state index is 0.0299. The summed E-state index contributed by atoms with van der Waals surface area (Å²) >= 11 is 0. The Morgan fingerprint density at radius 2 is 2.24 bits per heavy atom. The summed E-state index contributed by atoms with van der Waals surface area (Å²) in [5.41, 5.74) is 1.03. The third-order valence-corrected chi connectivity index (χ3v) is 2.40. The molecule has 1 rings (SSSR count). The van der Waals surface area contributed by atoms with Gasteiger partial charge in [0, 0.05) is 39.6 Å². The van der Waals surface area contributed by atoms with Crippen LogP contribution in [0.4, 0.5) is 0 Å². The fraction of sp³-hybridized carbons (Fsp3) is 0.500. The quantitative estimate of drug-likeness (QED) is 0.754. The van der Waals surface area contributed by atoms with Crippen LogP contribution in [0.3, 0.4) is 0 Å². The van der Waals surface area contributed by atoms with Crippen molar-refractivity contribution in [3.8, 4) is 0 Å². The highest BCUT2D eigenvalue weighted by Gasteiger charge is 2.12. The van der Waals surface area contributed by atoms with E-state index in [1.807, 2.05) is 17.0 Å². The molecule has 0 unspecified atom stereocenters. The average Bonchev–Trinajstić information content (AvgIpc) is 2.30. The summed E-state index contributed by atoms with van der Waals surface area (Å²) in [5, 5.41) is 8.98. The van der Waals surface area contributed by atoms with E-state index >= 15 is 0 Å². The predicted octanol–water partition coefficient (Wildman–Crippen LogP) is -0.0359. The molecular formula is C12H19N3O2. The Bertz CT molecular complexity index is 341. The first-order valence-corrected chi connectivity index (χ1v) is 5.55. The summed E-state index contributed by atoms with van der Waals surface area (Å²) < 4.78 is 0. The second-order valence-corrected chi connectivity index (χ2v) is 4.08. The molecule has 0 aliphatic heterocycles. The summed E-state index contributed by atoms with van der Waals surface area (Å²) in [4.78, 5) is 19.1. The van der Waals surface area contributed by atoms with Gasteiger partial charge in [-0.05, 0) is 11.6 Å². The molecule has 0 spiro atoms. The molecule has 0 bridgehead atoms. The molecule has 0 aliphatic carbocycles. The van der Waals surface area contributed by atoms with Crippen LogP contribution in [-0.2, 0) is 11.3 Å². The number of aromatic nitrogens is 1. The molecule has 5 heteroatoms. The van der Waals surface area contributed by atoms with Gasteiger partial charge in [-0.25, -0.2) is 0 Å². The first kappa shape index (κ1) is 13.6. The lowest BCUT2D eigenvalue weighted by Crippen LogP contribution is -2.37. The number of carbonyl (C=O) groups is 1. The van der Waals surface area contributed by atoms with E-state index < -0.39 is 0 Å². The van der Waals surface area contributed by atoms with Crippen LogP contribution < -0.4 is 0 Å². The highest BCUT2D eigenvalue weighted by molar-refractivity contribution is 5.77. The topological polar surface area (TPSA) is 56.7 Å². The summed E-state index contributed by atoms with van der Waals surface area (Å²) in [7, 11) is 3.45. The van der Waals surface area contributed by atoms with E-state index in [1.165, 1.54) is 0 Å². The molecule has 0 radical (unpaired) electrons. The normalized spacial score (nSPS) is 10.6. The van der Waals surface area contributed by atoms with Gasteiger partial charge in [-0.1, -0.05) is 6.07 Å². The largest absolute Gasteiger partial charge is 0.395 e. The fourth-order valence-corrected chi connectivity index (χ4v) is 1.44. The van der Waals surface area contributed by atoms with E-state index in [0.29, 0.717) is 19.6 Å².